The number of fused-ring (bicyclic) bond motifs is 4. The fourth-order valence-corrected chi connectivity index (χ4v) is 8.88. The molecule has 4 fully saturated rings. The van der Waals surface area contributed by atoms with E-state index in [1.165, 1.54) is 57.9 Å². The first-order valence-electron chi connectivity index (χ1n) is 11.4. The minimum Gasteiger partial charge on any atom is -0.412 e. The van der Waals surface area contributed by atoms with Crippen molar-refractivity contribution in [3.63, 3.8) is 0 Å². The Bertz CT molecular complexity index is 620. The van der Waals surface area contributed by atoms with Gasteiger partial charge in [0.2, 0.25) is 0 Å². The highest BCUT2D eigenvalue weighted by atomic mass is 16.0. The van der Waals surface area contributed by atoms with E-state index in [0.717, 1.165) is 35.8 Å². The van der Waals surface area contributed by atoms with Crippen LogP contribution in [0.1, 0.15) is 65.2 Å². The normalized spacial score (nSPS) is 49.9. The molecule has 4 nitrogen and oxygen atoms in total. The Morgan fingerprint density at radius 2 is 1.71 bits per heavy atom. The summed E-state index contributed by atoms with van der Waals surface area (Å²) in [7, 11) is 6.95. The molecular weight excluding hydrogens is 348 g/mol. The van der Waals surface area contributed by atoms with Crippen LogP contribution in [0.3, 0.4) is 0 Å². The number of rotatable bonds is 1. The van der Waals surface area contributed by atoms with Crippen LogP contribution < -0.4 is 0 Å². The molecule has 4 aliphatic carbocycles. The van der Waals surface area contributed by atoms with Crippen molar-refractivity contribution in [2.75, 3.05) is 27.7 Å². The second-order valence-corrected chi connectivity index (χ2v) is 11.2. The van der Waals surface area contributed by atoms with E-state index in [1.54, 1.807) is 0 Å². The maximum atomic E-state index is 2.74. The van der Waals surface area contributed by atoms with Gasteiger partial charge >= 0.3 is 0 Å². The molecule has 1 aliphatic heterocycles. The summed E-state index contributed by atoms with van der Waals surface area (Å²) in [4.78, 5) is 5.17. The molecular formula is C24H44N2O2. The predicted octanol–water partition coefficient (Wildman–Crippen LogP) is 3.16. The number of hydrogen-bond acceptors (Lipinski definition) is 2. The Balaban J connectivity index is 0.00000112. The summed E-state index contributed by atoms with van der Waals surface area (Å²) in [5.74, 6) is 3.96. The molecule has 162 valence electrons. The van der Waals surface area contributed by atoms with Crippen LogP contribution in [0.4, 0.5) is 0 Å². The largest absolute Gasteiger partial charge is 0.412 e. The topological polar surface area (TPSA) is 69.5 Å². The average molecular weight is 393 g/mol. The maximum Gasteiger partial charge on any atom is 0.0127 e. The zero-order chi connectivity index (χ0) is 18.3. The van der Waals surface area contributed by atoms with Crippen LogP contribution in [0, 0.1) is 34.5 Å². The number of nitrogens with zero attached hydrogens (tertiary/aromatic N) is 2. The lowest BCUT2D eigenvalue weighted by molar-refractivity contribution is -0.0430. The molecule has 1 saturated heterocycles. The molecule has 8 atom stereocenters. The highest BCUT2D eigenvalue weighted by molar-refractivity contribution is 5.26. The minimum absolute atomic E-state index is 0. The van der Waals surface area contributed by atoms with Gasteiger partial charge in [0.05, 0.1) is 0 Å². The van der Waals surface area contributed by atoms with Gasteiger partial charge in [-0.1, -0.05) is 18.6 Å². The molecule has 0 aromatic rings. The van der Waals surface area contributed by atoms with Crippen LogP contribution >= 0.6 is 0 Å². The monoisotopic (exact) mass is 392 g/mol. The van der Waals surface area contributed by atoms with Crippen LogP contribution in [-0.4, -0.2) is 60.5 Å². The zero-order valence-electron chi connectivity index (χ0n) is 18.8. The molecule has 5 aliphatic rings. The first-order chi connectivity index (χ1) is 12.4. The van der Waals surface area contributed by atoms with Crippen LogP contribution in [0.15, 0.2) is 11.6 Å². The third kappa shape index (κ3) is 2.78. The van der Waals surface area contributed by atoms with Crippen molar-refractivity contribution in [2.45, 2.75) is 77.3 Å². The summed E-state index contributed by atoms with van der Waals surface area (Å²) >= 11 is 0. The van der Waals surface area contributed by atoms with Crippen molar-refractivity contribution >= 4 is 0 Å². The summed E-state index contributed by atoms with van der Waals surface area (Å²) < 4.78 is 0. The quantitative estimate of drug-likeness (QED) is 0.643. The maximum absolute atomic E-state index is 2.74. The van der Waals surface area contributed by atoms with Gasteiger partial charge in [0.15, 0.2) is 0 Å². The van der Waals surface area contributed by atoms with Gasteiger partial charge in [-0.05, 0) is 114 Å². The molecule has 5 rings (SSSR count). The summed E-state index contributed by atoms with van der Waals surface area (Å²) in [6.07, 6.45) is 14.4. The smallest absolute Gasteiger partial charge is 0.0127 e. The van der Waals surface area contributed by atoms with Gasteiger partial charge in [0.25, 0.3) is 0 Å². The van der Waals surface area contributed by atoms with Crippen LogP contribution in [0.5, 0.6) is 0 Å². The first kappa shape index (κ1) is 22.3. The molecule has 0 amide bonds. The van der Waals surface area contributed by atoms with Crippen molar-refractivity contribution < 1.29 is 11.0 Å². The van der Waals surface area contributed by atoms with Crippen molar-refractivity contribution in [1.82, 2.24) is 9.80 Å². The van der Waals surface area contributed by atoms with Crippen molar-refractivity contribution in [3.8, 4) is 0 Å². The molecule has 4 N–H and O–H groups in total. The summed E-state index contributed by atoms with van der Waals surface area (Å²) in [6.45, 7) is 6.56. The summed E-state index contributed by atoms with van der Waals surface area (Å²) in [5.41, 5.74) is 3.04. The van der Waals surface area contributed by atoms with Gasteiger partial charge in [0, 0.05) is 18.6 Å². The van der Waals surface area contributed by atoms with Gasteiger partial charge < -0.3 is 20.8 Å². The molecule has 0 aromatic carbocycles. The van der Waals surface area contributed by atoms with E-state index in [9.17, 15) is 0 Å². The fraction of sp³-hybridized carbons (Fsp3) is 0.917. The fourth-order valence-electron chi connectivity index (χ4n) is 8.88. The number of likely N-dealkylation sites (tertiary alicyclic amines) is 1. The SMILES string of the molecule is C[C@H]1[C@H]2CC[C@H]3[C@@H]4CC=C5C[C@@H](N(C)C)CC[C@]5(C)[C@H]4CC[C@]23CN1C.O.O. The van der Waals surface area contributed by atoms with E-state index in [2.05, 4.69) is 50.9 Å². The standard InChI is InChI=1S/C24H40N2.2H2O/c1-16-20-8-9-22-19-7-6-17-14-18(25(3)4)10-12-23(17,2)21(19)11-13-24(20,22)15-26(16)5;;/h6,16,18-22H,7-15H2,1-5H3;2*1H2/t16-,18-,19+,20+,21-,22-,23-,24-;;/m0../s1. The molecule has 1 spiro atoms. The molecule has 0 aromatic heterocycles. The Hall–Kier alpha value is -0.420. The molecule has 4 heteroatoms. The third-order valence-corrected chi connectivity index (χ3v) is 10.4. The van der Waals surface area contributed by atoms with E-state index in [-0.39, 0.29) is 11.0 Å². The lowest BCUT2D eigenvalue weighted by atomic mass is 9.47. The molecule has 0 radical (unpaired) electrons. The molecule has 28 heavy (non-hydrogen) atoms. The third-order valence-electron chi connectivity index (χ3n) is 10.4. The Labute approximate surface area is 172 Å². The van der Waals surface area contributed by atoms with Crippen molar-refractivity contribution in [1.29, 1.82) is 0 Å². The summed E-state index contributed by atoms with van der Waals surface area (Å²) in [6, 6.07) is 1.60. The van der Waals surface area contributed by atoms with Gasteiger partial charge in [-0.15, -0.1) is 0 Å². The van der Waals surface area contributed by atoms with Crippen LogP contribution in [-0.2, 0) is 0 Å². The van der Waals surface area contributed by atoms with Gasteiger partial charge in [0.1, 0.15) is 0 Å². The van der Waals surface area contributed by atoms with Gasteiger partial charge in [-0.25, -0.2) is 0 Å². The molecule has 0 bridgehead atoms. The molecule has 1 heterocycles. The van der Waals surface area contributed by atoms with E-state index in [1.807, 2.05) is 5.57 Å². The van der Waals surface area contributed by atoms with Gasteiger partial charge in [-0.2, -0.15) is 0 Å². The number of allylic oxidation sites excluding steroid dienone is 1. The second-order valence-electron chi connectivity index (χ2n) is 11.2. The van der Waals surface area contributed by atoms with E-state index in [0.29, 0.717) is 10.8 Å². The van der Waals surface area contributed by atoms with E-state index < -0.39 is 0 Å². The van der Waals surface area contributed by atoms with Crippen LogP contribution in [0.2, 0.25) is 0 Å². The molecule has 0 unspecified atom stereocenters. The second kappa shape index (κ2) is 7.37. The summed E-state index contributed by atoms with van der Waals surface area (Å²) in [5, 5.41) is 0. The van der Waals surface area contributed by atoms with Crippen molar-refractivity contribution in [3.05, 3.63) is 11.6 Å². The van der Waals surface area contributed by atoms with Crippen LogP contribution in [0.25, 0.3) is 0 Å². The van der Waals surface area contributed by atoms with E-state index in [4.69, 9.17) is 0 Å². The molecule has 3 saturated carbocycles. The van der Waals surface area contributed by atoms with Crippen molar-refractivity contribution in [2.24, 2.45) is 34.5 Å². The lowest BCUT2D eigenvalue weighted by Crippen LogP contribution is -2.52. The van der Waals surface area contributed by atoms with Gasteiger partial charge in [-0.3, -0.25) is 0 Å². The van der Waals surface area contributed by atoms with E-state index >= 15 is 0 Å². The minimum atomic E-state index is 0. The first-order valence-corrected chi connectivity index (χ1v) is 11.4. The highest BCUT2D eigenvalue weighted by Gasteiger charge is 2.63. The zero-order valence-corrected chi connectivity index (χ0v) is 18.8. The lowest BCUT2D eigenvalue weighted by Gasteiger charge is -2.58. The Morgan fingerprint density at radius 1 is 1.00 bits per heavy atom. The average Bonchev–Trinajstić information content (AvgIpc) is 3.08. The number of hydrogen-bond donors (Lipinski definition) is 0. The predicted molar refractivity (Wildman–Crippen MR) is 116 cm³/mol. The Morgan fingerprint density at radius 3 is 2.43 bits per heavy atom. The Kier molecular flexibility index (Phi) is 5.86. The highest BCUT2D eigenvalue weighted by Crippen LogP contribution is 2.68.